The number of nitrogens with zero attached hydrogens (tertiary/aromatic N) is 3. The van der Waals surface area contributed by atoms with Gasteiger partial charge in [0.15, 0.2) is 5.84 Å². The quantitative estimate of drug-likeness (QED) is 0.500. The standard InChI is InChI=1S/C7H10ClN3O2/c8-2-1-4-10-5-3-9-7(10)6-11(12)13/h1-2H,3-6H2. The van der Waals surface area contributed by atoms with Crippen molar-refractivity contribution in [1.29, 1.82) is 0 Å². The van der Waals surface area contributed by atoms with Gasteiger partial charge in [-0.3, -0.25) is 15.1 Å². The first-order chi connectivity index (χ1) is 6.24. The second-order valence-electron chi connectivity index (χ2n) is 2.60. The van der Waals surface area contributed by atoms with E-state index in [2.05, 4.69) is 4.99 Å². The van der Waals surface area contributed by atoms with Crippen LogP contribution in [0, 0.1) is 10.1 Å². The highest BCUT2D eigenvalue weighted by molar-refractivity contribution is 6.25. The van der Waals surface area contributed by atoms with Crippen LogP contribution < -0.4 is 0 Å². The van der Waals surface area contributed by atoms with Crippen molar-refractivity contribution < 1.29 is 4.92 Å². The summed E-state index contributed by atoms with van der Waals surface area (Å²) >= 11 is 5.35. The van der Waals surface area contributed by atoms with Crippen molar-refractivity contribution >= 4 is 17.4 Å². The zero-order chi connectivity index (χ0) is 9.68. The van der Waals surface area contributed by atoms with Crippen LogP contribution in [0.1, 0.15) is 0 Å². The number of amidine groups is 1. The molecule has 5 nitrogen and oxygen atoms in total. The maximum Gasteiger partial charge on any atom is 0.260 e. The highest BCUT2D eigenvalue weighted by atomic mass is 35.5. The van der Waals surface area contributed by atoms with Gasteiger partial charge in [-0.2, -0.15) is 0 Å². The van der Waals surface area contributed by atoms with Crippen molar-refractivity contribution in [2.24, 2.45) is 4.99 Å². The number of halogens is 1. The summed E-state index contributed by atoms with van der Waals surface area (Å²) in [5.41, 5.74) is 1.40. The molecule has 0 aromatic heterocycles. The molecule has 0 bridgehead atoms. The summed E-state index contributed by atoms with van der Waals surface area (Å²) in [4.78, 5) is 15.7. The van der Waals surface area contributed by atoms with Crippen LogP contribution >= 0.6 is 11.6 Å². The summed E-state index contributed by atoms with van der Waals surface area (Å²) < 4.78 is 0. The third kappa shape index (κ3) is 3.02. The van der Waals surface area contributed by atoms with Crippen LogP contribution in [-0.4, -0.2) is 41.8 Å². The zero-order valence-electron chi connectivity index (χ0n) is 7.02. The third-order valence-corrected chi connectivity index (χ3v) is 1.89. The highest BCUT2D eigenvalue weighted by Crippen LogP contribution is 2.02. The van der Waals surface area contributed by atoms with Gasteiger partial charge in [-0.1, -0.05) is 17.7 Å². The van der Waals surface area contributed by atoms with Gasteiger partial charge in [0.1, 0.15) is 0 Å². The molecule has 1 aliphatic heterocycles. The van der Waals surface area contributed by atoms with E-state index in [1.54, 1.807) is 6.08 Å². The Morgan fingerprint density at radius 3 is 3.15 bits per heavy atom. The Labute approximate surface area is 80.8 Å². The Morgan fingerprint density at radius 2 is 2.54 bits per heavy atom. The van der Waals surface area contributed by atoms with E-state index in [9.17, 15) is 10.1 Å². The van der Waals surface area contributed by atoms with Gasteiger partial charge in [-0.25, -0.2) is 0 Å². The molecule has 6 heteroatoms. The maximum absolute atomic E-state index is 10.2. The molecule has 0 atom stereocenters. The van der Waals surface area contributed by atoms with Crippen LogP contribution in [0.4, 0.5) is 0 Å². The van der Waals surface area contributed by atoms with Crippen molar-refractivity contribution in [2.75, 3.05) is 26.2 Å². The number of rotatable bonds is 4. The van der Waals surface area contributed by atoms with Crippen molar-refractivity contribution in [1.82, 2.24) is 4.90 Å². The first kappa shape index (κ1) is 9.98. The average molecular weight is 204 g/mol. The Kier molecular flexibility index (Phi) is 3.70. The van der Waals surface area contributed by atoms with Gasteiger partial charge in [0.05, 0.1) is 6.54 Å². The van der Waals surface area contributed by atoms with Gasteiger partial charge in [-0.05, 0) is 0 Å². The normalized spacial score (nSPS) is 16.7. The predicted molar refractivity (Wildman–Crippen MR) is 50.7 cm³/mol. The number of hydrogen-bond acceptors (Lipinski definition) is 4. The molecule has 13 heavy (non-hydrogen) atoms. The summed E-state index contributed by atoms with van der Waals surface area (Å²) in [5, 5.41) is 10.2. The first-order valence-electron chi connectivity index (χ1n) is 3.89. The Hall–Kier alpha value is -1.10. The van der Waals surface area contributed by atoms with E-state index in [-0.39, 0.29) is 11.5 Å². The van der Waals surface area contributed by atoms with Gasteiger partial charge in [0.25, 0.3) is 6.54 Å². The molecular formula is C7H10ClN3O2. The van der Waals surface area contributed by atoms with Crippen molar-refractivity contribution in [2.45, 2.75) is 0 Å². The number of nitro groups is 1. The minimum absolute atomic E-state index is 0.198. The summed E-state index contributed by atoms with van der Waals surface area (Å²) in [5.74, 6) is 0.541. The smallest absolute Gasteiger partial charge is 0.260 e. The van der Waals surface area contributed by atoms with E-state index in [0.29, 0.717) is 18.9 Å². The lowest BCUT2D eigenvalue weighted by Crippen LogP contribution is -2.32. The van der Waals surface area contributed by atoms with Crippen LogP contribution in [-0.2, 0) is 0 Å². The molecule has 0 N–H and O–H groups in total. The van der Waals surface area contributed by atoms with Gasteiger partial charge < -0.3 is 4.90 Å². The molecule has 0 spiro atoms. The van der Waals surface area contributed by atoms with E-state index in [1.165, 1.54) is 5.54 Å². The Morgan fingerprint density at radius 1 is 1.77 bits per heavy atom. The molecule has 0 unspecified atom stereocenters. The van der Waals surface area contributed by atoms with Gasteiger partial charge in [0.2, 0.25) is 0 Å². The molecule has 0 saturated carbocycles. The monoisotopic (exact) mass is 203 g/mol. The second kappa shape index (κ2) is 4.81. The lowest BCUT2D eigenvalue weighted by atomic mass is 10.4. The fourth-order valence-electron chi connectivity index (χ4n) is 1.16. The van der Waals surface area contributed by atoms with E-state index < -0.39 is 0 Å². The molecule has 0 radical (unpaired) electrons. The van der Waals surface area contributed by atoms with Crippen LogP contribution in [0.5, 0.6) is 0 Å². The molecule has 0 aromatic rings. The molecule has 1 heterocycles. The van der Waals surface area contributed by atoms with Crippen LogP contribution in [0.3, 0.4) is 0 Å². The van der Waals surface area contributed by atoms with Crippen molar-refractivity contribution in [3.8, 4) is 0 Å². The molecule has 0 amide bonds. The number of hydrogen-bond donors (Lipinski definition) is 0. The van der Waals surface area contributed by atoms with Crippen molar-refractivity contribution in [3.63, 3.8) is 0 Å². The Bertz CT molecular complexity index is 252. The van der Waals surface area contributed by atoms with E-state index >= 15 is 0 Å². The molecule has 0 aliphatic carbocycles. The molecule has 0 fully saturated rings. The largest absolute Gasteiger partial charge is 0.349 e. The maximum atomic E-state index is 10.2. The van der Waals surface area contributed by atoms with E-state index in [0.717, 1.165) is 6.54 Å². The second-order valence-corrected chi connectivity index (χ2v) is 2.85. The minimum atomic E-state index is -0.373. The fraction of sp³-hybridized carbons (Fsp3) is 0.571. The first-order valence-corrected chi connectivity index (χ1v) is 4.33. The van der Waals surface area contributed by atoms with Crippen LogP contribution in [0.15, 0.2) is 16.6 Å². The third-order valence-electron chi connectivity index (χ3n) is 1.71. The Balaban J connectivity index is 2.47. The molecule has 0 saturated heterocycles. The van der Waals surface area contributed by atoms with E-state index in [1.807, 2.05) is 4.90 Å². The lowest BCUT2D eigenvalue weighted by Gasteiger charge is -2.14. The average Bonchev–Trinajstić information content (AvgIpc) is 2.48. The summed E-state index contributed by atoms with van der Waals surface area (Å²) in [7, 11) is 0. The van der Waals surface area contributed by atoms with Gasteiger partial charge in [-0.15, -0.1) is 0 Å². The summed E-state index contributed by atoms with van der Waals surface area (Å²) in [6.45, 7) is 1.77. The lowest BCUT2D eigenvalue weighted by molar-refractivity contribution is -0.464. The molecular weight excluding hydrogens is 194 g/mol. The molecule has 1 aliphatic rings. The zero-order valence-corrected chi connectivity index (χ0v) is 7.78. The number of aliphatic imine (C=N–C) groups is 1. The SMILES string of the molecule is O=[N+]([O-])CC1=NCCN1CC=CCl. The molecule has 0 aromatic carbocycles. The van der Waals surface area contributed by atoms with Gasteiger partial charge >= 0.3 is 0 Å². The topological polar surface area (TPSA) is 58.7 Å². The van der Waals surface area contributed by atoms with Crippen LogP contribution in [0.2, 0.25) is 0 Å². The summed E-state index contributed by atoms with van der Waals surface area (Å²) in [6.07, 6.45) is 1.74. The predicted octanol–water partition coefficient (Wildman–Crippen LogP) is 0.730. The molecule has 72 valence electrons. The van der Waals surface area contributed by atoms with Crippen molar-refractivity contribution in [3.05, 3.63) is 21.7 Å². The minimum Gasteiger partial charge on any atom is -0.349 e. The van der Waals surface area contributed by atoms with Crippen LogP contribution in [0.25, 0.3) is 0 Å². The highest BCUT2D eigenvalue weighted by Gasteiger charge is 2.19. The van der Waals surface area contributed by atoms with Gasteiger partial charge in [0, 0.05) is 23.5 Å². The summed E-state index contributed by atoms with van der Waals surface area (Å²) in [6, 6.07) is 0. The molecule has 1 rings (SSSR count). The fourth-order valence-corrected chi connectivity index (χ4v) is 1.24. The van der Waals surface area contributed by atoms with E-state index in [4.69, 9.17) is 11.6 Å².